The molecule has 0 aromatic heterocycles. The summed E-state index contributed by atoms with van der Waals surface area (Å²) in [4.78, 5) is 21.7. The van der Waals surface area contributed by atoms with E-state index in [9.17, 15) is 4.79 Å². The molecule has 0 radical (unpaired) electrons. The van der Waals surface area contributed by atoms with Crippen molar-refractivity contribution in [3.05, 3.63) is 25.3 Å². The Morgan fingerprint density at radius 1 is 1.36 bits per heavy atom. The number of hydrogen-bond donors (Lipinski definition) is 0. The number of ketones is 1. The van der Waals surface area contributed by atoms with Crippen molar-refractivity contribution in [1.82, 2.24) is 0 Å². The molecule has 2 atom stereocenters. The van der Waals surface area contributed by atoms with Crippen LogP contribution in [0, 0.1) is 5.92 Å². The van der Waals surface area contributed by atoms with Crippen LogP contribution in [0.2, 0.25) is 0 Å². The smallest absolute Gasteiger partial charge is 0.220 e. The van der Waals surface area contributed by atoms with Crippen LogP contribution in [0.15, 0.2) is 35.3 Å². The van der Waals surface area contributed by atoms with Crippen LogP contribution in [0.25, 0.3) is 0 Å². The summed E-state index contributed by atoms with van der Waals surface area (Å²) < 4.78 is 10.8. The van der Waals surface area contributed by atoms with Crippen LogP contribution in [-0.2, 0) is 14.3 Å². The van der Waals surface area contributed by atoms with Crippen LogP contribution in [0.1, 0.15) is 33.1 Å². The van der Waals surface area contributed by atoms with E-state index in [1.54, 1.807) is 7.11 Å². The number of allylic oxidation sites excluding steroid dienone is 1. The number of rotatable bonds is 7. The van der Waals surface area contributed by atoms with Crippen molar-refractivity contribution in [3.63, 3.8) is 0 Å². The first-order chi connectivity index (χ1) is 10.5. The van der Waals surface area contributed by atoms with Crippen LogP contribution >= 0.6 is 0 Å². The van der Waals surface area contributed by atoms with Crippen LogP contribution in [0.3, 0.4) is 0 Å². The topological polar surface area (TPSA) is 60.2 Å². The zero-order valence-electron chi connectivity index (χ0n) is 14.0. The number of ether oxygens (including phenoxy) is 2. The summed E-state index contributed by atoms with van der Waals surface area (Å²) in [6.45, 7) is 11.3. The second-order valence-corrected chi connectivity index (χ2v) is 5.59. The van der Waals surface area contributed by atoms with Crippen molar-refractivity contribution in [3.8, 4) is 0 Å². The fourth-order valence-electron chi connectivity index (χ4n) is 2.53. The van der Waals surface area contributed by atoms with E-state index in [1.807, 2.05) is 19.9 Å². The van der Waals surface area contributed by atoms with E-state index in [2.05, 4.69) is 23.1 Å². The van der Waals surface area contributed by atoms with E-state index in [4.69, 9.17) is 9.47 Å². The van der Waals surface area contributed by atoms with Gasteiger partial charge in [-0.05, 0) is 31.3 Å². The van der Waals surface area contributed by atoms with Gasteiger partial charge in [-0.3, -0.25) is 4.79 Å². The van der Waals surface area contributed by atoms with Gasteiger partial charge in [-0.25, -0.2) is 9.98 Å². The molecule has 0 amide bonds. The molecule has 0 saturated heterocycles. The molecule has 1 rings (SSSR count). The normalized spacial score (nSPS) is 24.3. The summed E-state index contributed by atoms with van der Waals surface area (Å²) in [5.41, 5.74) is -1.17. The predicted molar refractivity (Wildman–Crippen MR) is 89.5 cm³/mol. The Kier molecular flexibility index (Phi) is 6.53. The maximum Gasteiger partial charge on any atom is 0.220 e. The van der Waals surface area contributed by atoms with Crippen LogP contribution in [0.4, 0.5) is 0 Å². The van der Waals surface area contributed by atoms with Crippen molar-refractivity contribution in [2.45, 2.75) is 44.7 Å². The van der Waals surface area contributed by atoms with Crippen LogP contribution in [-0.4, -0.2) is 43.4 Å². The third kappa shape index (κ3) is 3.46. The Bertz CT molecular complexity index is 494. The first-order valence-corrected chi connectivity index (χ1v) is 7.50. The number of aliphatic imine (C=N–C) groups is 2. The highest BCUT2D eigenvalue weighted by Crippen LogP contribution is 2.30. The molecule has 0 aromatic carbocycles. The highest BCUT2D eigenvalue weighted by atomic mass is 16.5. The Morgan fingerprint density at radius 3 is 2.50 bits per heavy atom. The molecular weight excluding hydrogens is 280 g/mol. The number of carbonyl (C=O) groups is 1. The first kappa shape index (κ1) is 18.1. The van der Waals surface area contributed by atoms with Gasteiger partial charge in [0.2, 0.25) is 17.3 Å². The molecule has 0 unspecified atom stereocenters. The lowest BCUT2D eigenvalue weighted by atomic mass is 9.85. The lowest BCUT2D eigenvalue weighted by Gasteiger charge is -2.34. The van der Waals surface area contributed by atoms with Gasteiger partial charge in [0, 0.05) is 0 Å². The van der Waals surface area contributed by atoms with Crippen LogP contribution in [0.5, 0.6) is 0 Å². The third-order valence-corrected chi connectivity index (χ3v) is 3.74. The molecule has 5 heteroatoms. The second-order valence-electron chi connectivity index (χ2n) is 5.59. The minimum absolute atomic E-state index is 0.189. The van der Waals surface area contributed by atoms with Gasteiger partial charge >= 0.3 is 0 Å². The molecule has 0 saturated carbocycles. The van der Waals surface area contributed by atoms with Gasteiger partial charge in [-0.1, -0.05) is 26.5 Å². The Hall–Kier alpha value is -1.91. The lowest BCUT2D eigenvalue weighted by molar-refractivity contribution is -0.118. The SMILES string of the molecule is C=CCCC[C@]1(C(=O)C=C)N=C(OC)[C@@H](C(C)C)N=C1OC. The highest BCUT2D eigenvalue weighted by molar-refractivity contribution is 6.18. The van der Waals surface area contributed by atoms with Gasteiger partial charge in [0.05, 0.1) is 14.2 Å². The average molecular weight is 306 g/mol. The lowest BCUT2D eigenvalue weighted by Crippen LogP contribution is -2.51. The molecule has 22 heavy (non-hydrogen) atoms. The van der Waals surface area contributed by atoms with Crippen molar-refractivity contribution >= 4 is 17.6 Å². The van der Waals surface area contributed by atoms with Crippen molar-refractivity contribution in [2.75, 3.05) is 14.2 Å². The fourth-order valence-corrected chi connectivity index (χ4v) is 2.53. The van der Waals surface area contributed by atoms with Gasteiger partial charge in [-0.2, -0.15) is 0 Å². The Morgan fingerprint density at radius 2 is 2.05 bits per heavy atom. The minimum atomic E-state index is -1.17. The molecule has 122 valence electrons. The number of nitrogens with zero attached hydrogens (tertiary/aromatic N) is 2. The molecule has 0 aliphatic carbocycles. The third-order valence-electron chi connectivity index (χ3n) is 3.74. The summed E-state index contributed by atoms with van der Waals surface area (Å²) in [5.74, 6) is 0.758. The summed E-state index contributed by atoms with van der Waals surface area (Å²) in [6, 6.07) is -0.245. The number of hydrogen-bond acceptors (Lipinski definition) is 5. The number of unbranched alkanes of at least 4 members (excludes halogenated alkanes) is 1. The molecule has 0 bridgehead atoms. The van der Waals surface area contributed by atoms with E-state index in [0.29, 0.717) is 18.2 Å². The van der Waals surface area contributed by atoms with Gasteiger partial charge in [0.15, 0.2) is 5.78 Å². The van der Waals surface area contributed by atoms with E-state index >= 15 is 0 Å². The predicted octanol–water partition coefficient (Wildman–Crippen LogP) is 2.96. The van der Waals surface area contributed by atoms with E-state index in [-0.39, 0.29) is 17.7 Å². The van der Waals surface area contributed by atoms with E-state index in [1.165, 1.54) is 13.2 Å². The fraction of sp³-hybridized carbons (Fsp3) is 0.588. The maximum absolute atomic E-state index is 12.5. The van der Waals surface area contributed by atoms with Gasteiger partial charge in [0.1, 0.15) is 6.04 Å². The van der Waals surface area contributed by atoms with Crippen molar-refractivity contribution in [1.29, 1.82) is 0 Å². The summed E-state index contributed by atoms with van der Waals surface area (Å²) in [7, 11) is 3.07. The molecule has 0 fully saturated rings. The Balaban J connectivity index is 3.34. The molecule has 1 aliphatic rings. The molecule has 0 N–H and O–H groups in total. The number of methoxy groups -OCH3 is 2. The zero-order valence-corrected chi connectivity index (χ0v) is 14.0. The molecular formula is C17H26N2O3. The summed E-state index contributed by atoms with van der Waals surface area (Å²) in [5, 5.41) is 0. The summed E-state index contributed by atoms with van der Waals surface area (Å²) in [6.07, 6.45) is 5.10. The van der Waals surface area contributed by atoms with E-state index < -0.39 is 5.54 Å². The van der Waals surface area contributed by atoms with Gasteiger partial charge in [-0.15, -0.1) is 6.58 Å². The van der Waals surface area contributed by atoms with Crippen LogP contribution < -0.4 is 0 Å². The monoisotopic (exact) mass is 306 g/mol. The molecule has 0 aromatic rings. The zero-order chi connectivity index (χ0) is 16.8. The quantitative estimate of drug-likeness (QED) is 0.413. The van der Waals surface area contributed by atoms with E-state index in [0.717, 1.165) is 12.8 Å². The molecule has 1 heterocycles. The number of carbonyl (C=O) groups excluding carboxylic acids is 1. The van der Waals surface area contributed by atoms with Crippen molar-refractivity contribution < 1.29 is 14.3 Å². The Labute approximate surface area is 132 Å². The largest absolute Gasteiger partial charge is 0.483 e. The minimum Gasteiger partial charge on any atom is -0.483 e. The molecule has 0 spiro atoms. The standard InChI is InChI=1S/C17H26N2O3/c1-7-9-10-11-17(13(20)8-2)16(22-6)18-14(12(3)4)15(19-17)21-5/h7-8,12,14H,1-2,9-11H2,3-6H3/t14-,17-/m1/s1. The molecule has 5 nitrogen and oxygen atoms in total. The average Bonchev–Trinajstić information content (AvgIpc) is 2.53. The second kappa shape index (κ2) is 7.92. The first-order valence-electron chi connectivity index (χ1n) is 7.50. The maximum atomic E-state index is 12.5. The molecule has 1 aliphatic heterocycles. The van der Waals surface area contributed by atoms with Gasteiger partial charge < -0.3 is 9.47 Å². The summed E-state index contributed by atoms with van der Waals surface area (Å²) >= 11 is 0. The van der Waals surface area contributed by atoms with Crippen molar-refractivity contribution in [2.24, 2.45) is 15.9 Å². The van der Waals surface area contributed by atoms with Gasteiger partial charge in [0.25, 0.3) is 0 Å². The highest BCUT2D eigenvalue weighted by Gasteiger charge is 2.47.